The Morgan fingerprint density at radius 3 is 1.83 bits per heavy atom. The van der Waals surface area contributed by atoms with Gasteiger partial charge in [-0.3, -0.25) is 0 Å². The maximum absolute atomic E-state index is 6.65. The second-order valence-electron chi connectivity index (χ2n) is 11.5. The molecule has 1 heterocycles. The Hall–Kier alpha value is -0.883. The molecule has 0 N–H and O–H groups in total. The summed E-state index contributed by atoms with van der Waals surface area (Å²) < 4.78 is 13.2. The summed E-state index contributed by atoms with van der Waals surface area (Å²) in [6.07, 6.45) is 0. The average Bonchev–Trinajstić information content (AvgIpc) is 2.48. The molecule has 1 aliphatic heterocycles. The Kier molecular flexibility index (Phi) is 6.45. The molecule has 0 bridgehead atoms. The largest absolute Gasteiger partial charge is 0.543 e. The van der Waals surface area contributed by atoms with Crippen molar-refractivity contribution in [1.29, 1.82) is 0 Å². The van der Waals surface area contributed by atoms with Crippen LogP contribution in [0.2, 0.25) is 18.1 Å². The molecule has 4 nitrogen and oxygen atoms in total. The highest BCUT2D eigenvalue weighted by Gasteiger charge is 2.70. The molecule has 1 atom stereocenters. The lowest BCUT2D eigenvalue weighted by Gasteiger charge is -2.61. The summed E-state index contributed by atoms with van der Waals surface area (Å²) in [5, 5.41) is 0.123. The van der Waals surface area contributed by atoms with Crippen LogP contribution in [0.1, 0.15) is 74.8 Å². The molecule has 0 aliphatic carbocycles. The van der Waals surface area contributed by atoms with Crippen LogP contribution >= 0.6 is 0 Å². The predicted molar refractivity (Wildman–Crippen MR) is 121 cm³/mol. The van der Waals surface area contributed by atoms with E-state index in [0.29, 0.717) is 0 Å². The van der Waals surface area contributed by atoms with E-state index in [1.807, 2.05) is 12.1 Å². The van der Waals surface area contributed by atoms with Crippen molar-refractivity contribution in [3.05, 3.63) is 29.8 Å². The third-order valence-electron chi connectivity index (χ3n) is 6.37. The highest BCUT2D eigenvalue weighted by molar-refractivity contribution is 6.74. The van der Waals surface area contributed by atoms with Gasteiger partial charge in [-0.25, -0.2) is 4.89 Å². The van der Waals surface area contributed by atoms with Gasteiger partial charge < -0.3 is 9.16 Å². The maximum atomic E-state index is 6.65. The third-order valence-corrected chi connectivity index (χ3v) is 10.7. The third kappa shape index (κ3) is 4.29. The molecular weight excluding hydrogens is 380 g/mol. The van der Waals surface area contributed by atoms with Gasteiger partial charge >= 0.3 is 0 Å². The van der Waals surface area contributed by atoms with Gasteiger partial charge in [-0.05, 0) is 62.9 Å². The van der Waals surface area contributed by atoms with Gasteiger partial charge in [0.05, 0.1) is 5.60 Å². The minimum absolute atomic E-state index is 0.123. The minimum atomic E-state index is -1.96. The normalized spacial score (nSPS) is 22.7. The van der Waals surface area contributed by atoms with Crippen molar-refractivity contribution >= 4 is 8.32 Å². The van der Waals surface area contributed by atoms with Crippen molar-refractivity contribution in [2.45, 2.75) is 104 Å². The van der Waals surface area contributed by atoms with E-state index in [0.717, 1.165) is 11.3 Å². The fourth-order valence-corrected chi connectivity index (χ4v) is 4.93. The number of ether oxygens (including phenoxy) is 1. The maximum Gasteiger partial charge on any atom is 0.261 e. The molecular formula is C24H42O4Si. The Labute approximate surface area is 179 Å². The van der Waals surface area contributed by atoms with E-state index in [9.17, 15) is 0 Å². The molecule has 0 radical (unpaired) electrons. The smallest absolute Gasteiger partial charge is 0.261 e. The quantitative estimate of drug-likeness (QED) is 0.363. The number of hydrogen-bond acceptors (Lipinski definition) is 4. The molecule has 1 fully saturated rings. The molecule has 1 aromatic rings. The summed E-state index contributed by atoms with van der Waals surface area (Å²) in [5.41, 5.74) is -0.0531. The van der Waals surface area contributed by atoms with Gasteiger partial charge in [-0.1, -0.05) is 60.6 Å². The summed E-state index contributed by atoms with van der Waals surface area (Å²) >= 11 is 0. The Morgan fingerprint density at radius 2 is 1.45 bits per heavy atom. The lowest BCUT2D eigenvalue weighted by molar-refractivity contribution is -0.644. The monoisotopic (exact) mass is 422 g/mol. The van der Waals surface area contributed by atoms with Crippen molar-refractivity contribution in [3.63, 3.8) is 0 Å². The van der Waals surface area contributed by atoms with E-state index < -0.39 is 25.3 Å². The van der Waals surface area contributed by atoms with Crippen LogP contribution in [-0.4, -0.2) is 19.5 Å². The van der Waals surface area contributed by atoms with Gasteiger partial charge in [0.2, 0.25) is 8.32 Å². The zero-order valence-corrected chi connectivity index (χ0v) is 21.6. The van der Waals surface area contributed by atoms with Crippen LogP contribution in [-0.2, 0) is 20.3 Å². The first-order valence-electron chi connectivity index (χ1n) is 10.8. The minimum Gasteiger partial charge on any atom is -0.543 e. The van der Waals surface area contributed by atoms with Gasteiger partial charge in [0.25, 0.3) is 5.79 Å². The Balaban J connectivity index is 2.57. The van der Waals surface area contributed by atoms with Crippen molar-refractivity contribution in [2.24, 2.45) is 11.8 Å². The molecule has 0 amide bonds. The molecule has 29 heavy (non-hydrogen) atoms. The molecule has 1 aromatic carbocycles. The van der Waals surface area contributed by atoms with E-state index in [-0.39, 0.29) is 16.9 Å². The lowest BCUT2D eigenvalue weighted by Crippen LogP contribution is -2.72. The van der Waals surface area contributed by atoms with E-state index in [4.69, 9.17) is 18.9 Å². The SMILES string of the molecule is CC(C)C1(C(C)C)OOC1(OC(C)(C)C)c1cccc(O[Si](C)(C)C(C)(C)C)c1. The lowest BCUT2D eigenvalue weighted by atomic mass is 9.70. The summed E-state index contributed by atoms with van der Waals surface area (Å²) in [6.45, 7) is 26.1. The summed E-state index contributed by atoms with van der Waals surface area (Å²) in [7, 11) is -1.96. The fraction of sp³-hybridized carbons (Fsp3) is 0.750. The molecule has 1 aliphatic rings. The van der Waals surface area contributed by atoms with Crippen LogP contribution < -0.4 is 4.43 Å². The van der Waals surface area contributed by atoms with Crippen LogP contribution in [0, 0.1) is 11.8 Å². The van der Waals surface area contributed by atoms with Gasteiger partial charge in [-0.15, -0.1) is 0 Å². The molecule has 166 valence electrons. The fourth-order valence-electron chi connectivity index (χ4n) is 3.91. The van der Waals surface area contributed by atoms with Crippen molar-refractivity contribution < 1.29 is 18.9 Å². The first kappa shape index (κ1) is 24.4. The number of rotatable bonds is 6. The summed E-state index contributed by atoms with van der Waals surface area (Å²) in [6, 6.07) is 8.19. The van der Waals surface area contributed by atoms with Crippen molar-refractivity contribution in [1.82, 2.24) is 0 Å². The summed E-state index contributed by atoms with van der Waals surface area (Å²) in [5.74, 6) is 0.274. The second kappa shape index (κ2) is 7.67. The van der Waals surface area contributed by atoms with Crippen LogP contribution in [0.5, 0.6) is 5.75 Å². The van der Waals surface area contributed by atoms with E-state index in [2.05, 4.69) is 94.5 Å². The van der Waals surface area contributed by atoms with Crippen LogP contribution in [0.3, 0.4) is 0 Å². The highest BCUT2D eigenvalue weighted by atomic mass is 28.4. The van der Waals surface area contributed by atoms with E-state index >= 15 is 0 Å². The Morgan fingerprint density at radius 1 is 0.897 bits per heavy atom. The first-order chi connectivity index (χ1) is 13.0. The zero-order chi connectivity index (χ0) is 22.5. The standard InChI is InChI=1S/C24H42O4Si/c1-17(2)23(18(3)4)24(28-27-23,26-21(5,6)7)19-14-13-15-20(16-19)25-29(11,12)22(8,9)10/h13-18H,1-12H3. The van der Waals surface area contributed by atoms with Gasteiger partial charge in [-0.2, -0.15) is 4.89 Å². The summed E-state index contributed by atoms with van der Waals surface area (Å²) in [4.78, 5) is 11.8. The topological polar surface area (TPSA) is 36.9 Å². The van der Waals surface area contributed by atoms with Crippen LogP contribution in [0.25, 0.3) is 0 Å². The predicted octanol–water partition coefficient (Wildman–Crippen LogP) is 7.05. The molecule has 2 rings (SSSR count). The first-order valence-corrected chi connectivity index (χ1v) is 13.8. The van der Waals surface area contributed by atoms with Crippen molar-refractivity contribution in [2.75, 3.05) is 0 Å². The number of benzene rings is 1. The molecule has 1 saturated heterocycles. The molecule has 5 heteroatoms. The van der Waals surface area contributed by atoms with Gasteiger partial charge in [0.15, 0.2) is 5.60 Å². The van der Waals surface area contributed by atoms with Gasteiger partial charge in [0.1, 0.15) is 5.75 Å². The highest BCUT2D eigenvalue weighted by Crippen LogP contribution is 2.58. The van der Waals surface area contributed by atoms with E-state index in [1.165, 1.54) is 0 Å². The Bertz CT molecular complexity index is 704. The van der Waals surface area contributed by atoms with Crippen molar-refractivity contribution in [3.8, 4) is 5.75 Å². The van der Waals surface area contributed by atoms with Gasteiger partial charge in [0, 0.05) is 5.56 Å². The second-order valence-corrected chi connectivity index (χ2v) is 16.2. The zero-order valence-electron chi connectivity index (χ0n) is 20.6. The molecule has 0 aromatic heterocycles. The van der Waals surface area contributed by atoms with E-state index in [1.54, 1.807) is 0 Å². The van der Waals surface area contributed by atoms with Crippen LogP contribution in [0.4, 0.5) is 0 Å². The van der Waals surface area contributed by atoms with Crippen LogP contribution in [0.15, 0.2) is 24.3 Å². The molecule has 0 spiro atoms. The number of hydrogen-bond donors (Lipinski definition) is 0. The average molecular weight is 423 g/mol. The molecule has 0 saturated carbocycles. The molecule has 1 unspecified atom stereocenters.